The topological polar surface area (TPSA) is 31.9 Å². The zero-order valence-corrected chi connectivity index (χ0v) is 7.67. The fraction of sp³-hybridized carbons (Fsp3) is 0.667. The highest BCUT2D eigenvalue weighted by Gasteiger charge is 2.24. The van der Waals surface area contributed by atoms with E-state index in [9.17, 15) is 0 Å². The zero-order valence-electron chi connectivity index (χ0n) is 7.67. The lowest BCUT2D eigenvalue weighted by atomic mass is 10.0. The number of nitrogens with zero attached hydrogens (tertiary/aromatic N) is 2. The van der Waals surface area contributed by atoms with Crippen molar-refractivity contribution in [2.45, 2.75) is 25.8 Å². The van der Waals surface area contributed by atoms with Crippen LogP contribution in [0.5, 0.6) is 0 Å². The summed E-state index contributed by atoms with van der Waals surface area (Å²) in [7, 11) is 2.17. The third-order valence-corrected chi connectivity index (χ3v) is 2.70. The Balaban J connectivity index is 2.34. The molecule has 2 heterocycles. The van der Waals surface area contributed by atoms with Gasteiger partial charge in [-0.25, -0.2) is 4.98 Å². The molecule has 1 unspecified atom stereocenters. The highest BCUT2D eigenvalue weighted by molar-refractivity contribution is 5.18. The minimum atomic E-state index is 0.528. The molecular formula is C9H15N3. The van der Waals surface area contributed by atoms with Crippen molar-refractivity contribution in [1.82, 2.24) is 14.9 Å². The summed E-state index contributed by atoms with van der Waals surface area (Å²) in [4.78, 5) is 9.95. The van der Waals surface area contributed by atoms with Crippen LogP contribution >= 0.6 is 0 Å². The van der Waals surface area contributed by atoms with Gasteiger partial charge in [-0.1, -0.05) is 6.92 Å². The van der Waals surface area contributed by atoms with Gasteiger partial charge >= 0.3 is 0 Å². The second-order valence-electron chi connectivity index (χ2n) is 3.42. The normalized spacial score (nSPS) is 24.0. The zero-order chi connectivity index (χ0) is 8.55. The van der Waals surface area contributed by atoms with Crippen LogP contribution < -0.4 is 0 Å². The van der Waals surface area contributed by atoms with Gasteiger partial charge in [0, 0.05) is 18.7 Å². The number of likely N-dealkylation sites (N-methyl/N-ethyl adjacent to an activating group) is 1. The van der Waals surface area contributed by atoms with Gasteiger partial charge in [0.25, 0.3) is 0 Å². The Morgan fingerprint density at radius 1 is 1.75 bits per heavy atom. The van der Waals surface area contributed by atoms with Crippen LogP contribution in [0.2, 0.25) is 0 Å². The molecule has 1 N–H and O–H groups in total. The third-order valence-electron chi connectivity index (χ3n) is 2.70. The Morgan fingerprint density at radius 3 is 3.33 bits per heavy atom. The van der Waals surface area contributed by atoms with Gasteiger partial charge in [0.1, 0.15) is 0 Å². The Labute approximate surface area is 72.8 Å². The van der Waals surface area contributed by atoms with Gasteiger partial charge in [-0.15, -0.1) is 0 Å². The van der Waals surface area contributed by atoms with E-state index in [1.165, 1.54) is 11.4 Å². The standard InChI is InChI=1S/C9H15N3/c1-3-8-9-7(10-6-11-9)4-5-12(8)2/h6,8H,3-5H2,1-2H3,(H,10,11). The van der Waals surface area contributed by atoms with Crippen molar-refractivity contribution in [2.24, 2.45) is 0 Å². The first-order valence-electron chi connectivity index (χ1n) is 4.55. The molecule has 0 radical (unpaired) electrons. The lowest BCUT2D eigenvalue weighted by molar-refractivity contribution is 0.220. The summed E-state index contributed by atoms with van der Waals surface area (Å²) < 4.78 is 0. The van der Waals surface area contributed by atoms with E-state index in [0.717, 1.165) is 19.4 Å². The molecule has 0 amide bonds. The maximum absolute atomic E-state index is 4.36. The molecule has 1 aromatic rings. The smallest absolute Gasteiger partial charge is 0.0925 e. The number of H-pyrrole nitrogens is 1. The summed E-state index contributed by atoms with van der Waals surface area (Å²) in [6, 6.07) is 0.528. The van der Waals surface area contributed by atoms with Gasteiger partial charge in [-0.3, -0.25) is 4.90 Å². The second-order valence-corrected chi connectivity index (χ2v) is 3.42. The number of hydrogen-bond acceptors (Lipinski definition) is 2. The van der Waals surface area contributed by atoms with Crippen molar-refractivity contribution in [1.29, 1.82) is 0 Å². The van der Waals surface area contributed by atoms with Crippen LogP contribution in [0.15, 0.2) is 6.33 Å². The molecule has 0 saturated heterocycles. The number of fused-ring (bicyclic) bond motifs is 1. The van der Waals surface area contributed by atoms with Gasteiger partial charge < -0.3 is 4.98 Å². The van der Waals surface area contributed by atoms with E-state index in [2.05, 4.69) is 28.8 Å². The number of rotatable bonds is 1. The van der Waals surface area contributed by atoms with E-state index >= 15 is 0 Å². The van der Waals surface area contributed by atoms with Crippen molar-refractivity contribution in [3.8, 4) is 0 Å². The van der Waals surface area contributed by atoms with E-state index < -0.39 is 0 Å². The summed E-state index contributed by atoms with van der Waals surface area (Å²) >= 11 is 0. The average molecular weight is 165 g/mol. The maximum Gasteiger partial charge on any atom is 0.0925 e. The summed E-state index contributed by atoms with van der Waals surface area (Å²) in [5.74, 6) is 0. The first-order chi connectivity index (χ1) is 5.83. The Morgan fingerprint density at radius 2 is 2.58 bits per heavy atom. The van der Waals surface area contributed by atoms with Crippen molar-refractivity contribution in [2.75, 3.05) is 13.6 Å². The van der Waals surface area contributed by atoms with Crippen molar-refractivity contribution in [3.63, 3.8) is 0 Å². The number of nitrogens with one attached hydrogen (secondary N) is 1. The fourth-order valence-electron chi connectivity index (χ4n) is 1.98. The molecule has 0 aliphatic carbocycles. The van der Waals surface area contributed by atoms with Crippen LogP contribution in [-0.4, -0.2) is 28.5 Å². The minimum Gasteiger partial charge on any atom is -0.348 e. The lowest BCUT2D eigenvalue weighted by Crippen LogP contribution is -2.31. The second kappa shape index (κ2) is 2.90. The van der Waals surface area contributed by atoms with Crippen LogP contribution in [0.3, 0.4) is 0 Å². The van der Waals surface area contributed by atoms with Gasteiger partial charge in [-0.2, -0.15) is 0 Å². The largest absolute Gasteiger partial charge is 0.348 e. The molecule has 1 aliphatic heterocycles. The van der Waals surface area contributed by atoms with Gasteiger partial charge in [0.2, 0.25) is 0 Å². The van der Waals surface area contributed by atoms with Crippen LogP contribution in [0.4, 0.5) is 0 Å². The van der Waals surface area contributed by atoms with Crippen LogP contribution in [0.1, 0.15) is 30.8 Å². The van der Waals surface area contributed by atoms with Gasteiger partial charge in [0.05, 0.1) is 18.1 Å². The summed E-state index contributed by atoms with van der Waals surface area (Å²) in [5.41, 5.74) is 2.59. The van der Waals surface area contributed by atoms with Crippen LogP contribution in [0, 0.1) is 0 Å². The predicted octanol–water partition coefficient (Wildman–Crippen LogP) is 1.35. The maximum atomic E-state index is 4.36. The molecule has 0 aromatic carbocycles. The lowest BCUT2D eigenvalue weighted by Gasteiger charge is -2.30. The highest BCUT2D eigenvalue weighted by Crippen LogP contribution is 2.27. The summed E-state index contributed by atoms with van der Waals surface area (Å²) in [6.07, 6.45) is 4.07. The molecule has 12 heavy (non-hydrogen) atoms. The molecule has 2 rings (SSSR count). The van der Waals surface area contributed by atoms with E-state index in [1.54, 1.807) is 0 Å². The molecule has 0 bridgehead atoms. The first-order valence-corrected chi connectivity index (χ1v) is 4.55. The van der Waals surface area contributed by atoms with E-state index in [0.29, 0.717) is 6.04 Å². The number of hydrogen-bond donors (Lipinski definition) is 1. The molecule has 0 spiro atoms. The SMILES string of the molecule is CCC1c2nc[nH]c2CCN1C. The van der Waals surface area contributed by atoms with Gasteiger partial charge in [-0.05, 0) is 13.5 Å². The molecular weight excluding hydrogens is 150 g/mol. The molecule has 0 fully saturated rings. The Kier molecular flexibility index (Phi) is 1.89. The Hall–Kier alpha value is -0.830. The van der Waals surface area contributed by atoms with Gasteiger partial charge in [0.15, 0.2) is 0 Å². The minimum absolute atomic E-state index is 0.528. The Bertz CT molecular complexity index is 266. The summed E-state index contributed by atoms with van der Waals surface area (Å²) in [5, 5.41) is 0. The molecule has 66 valence electrons. The predicted molar refractivity (Wildman–Crippen MR) is 48.0 cm³/mol. The molecule has 1 aliphatic rings. The molecule has 1 aromatic heterocycles. The molecule has 1 atom stereocenters. The van der Waals surface area contributed by atoms with Crippen molar-refractivity contribution >= 4 is 0 Å². The van der Waals surface area contributed by atoms with E-state index in [4.69, 9.17) is 0 Å². The molecule has 3 nitrogen and oxygen atoms in total. The van der Waals surface area contributed by atoms with Crippen LogP contribution in [-0.2, 0) is 6.42 Å². The first kappa shape index (κ1) is 7.80. The summed E-state index contributed by atoms with van der Waals surface area (Å²) in [6.45, 7) is 3.36. The number of aromatic amines is 1. The van der Waals surface area contributed by atoms with Crippen molar-refractivity contribution in [3.05, 3.63) is 17.7 Å². The molecule has 0 saturated carbocycles. The number of aromatic nitrogens is 2. The monoisotopic (exact) mass is 165 g/mol. The number of imidazole rings is 1. The third kappa shape index (κ3) is 1.05. The molecule has 3 heteroatoms. The fourth-order valence-corrected chi connectivity index (χ4v) is 1.98. The van der Waals surface area contributed by atoms with E-state index in [1.807, 2.05) is 6.33 Å². The quantitative estimate of drug-likeness (QED) is 0.681. The highest BCUT2D eigenvalue weighted by atomic mass is 15.2. The van der Waals surface area contributed by atoms with E-state index in [-0.39, 0.29) is 0 Å². The average Bonchev–Trinajstić information content (AvgIpc) is 2.52. The van der Waals surface area contributed by atoms with Crippen molar-refractivity contribution < 1.29 is 0 Å². The van der Waals surface area contributed by atoms with Crippen LogP contribution in [0.25, 0.3) is 0 Å².